The van der Waals surface area contributed by atoms with E-state index in [4.69, 9.17) is 0 Å². The molecule has 0 bridgehead atoms. The summed E-state index contributed by atoms with van der Waals surface area (Å²) in [5.74, 6) is 0.218. The highest BCUT2D eigenvalue weighted by Crippen LogP contribution is 2.13. The van der Waals surface area contributed by atoms with E-state index in [1.54, 1.807) is 0 Å². The maximum Gasteiger partial charge on any atom is 0.241 e. The molecule has 0 aromatic heterocycles. The Morgan fingerprint density at radius 1 is 1.22 bits per heavy atom. The first-order chi connectivity index (χ1) is 8.75. The minimum absolute atomic E-state index is 0.218. The van der Waals surface area contributed by atoms with Gasteiger partial charge in [0.05, 0.1) is 6.54 Å². The lowest BCUT2D eigenvalue weighted by Gasteiger charge is -2.20. The van der Waals surface area contributed by atoms with Gasteiger partial charge in [0, 0.05) is 22.3 Å². The number of nitrogens with one attached hydrogen (secondary N) is 1. The van der Waals surface area contributed by atoms with Crippen LogP contribution in [0, 0.1) is 3.57 Å². The van der Waals surface area contributed by atoms with E-state index < -0.39 is 0 Å². The lowest BCUT2D eigenvalue weighted by atomic mass is 10.2. The first-order valence-corrected chi connectivity index (χ1v) is 7.61. The van der Waals surface area contributed by atoms with Gasteiger partial charge in [-0.25, -0.2) is 0 Å². The van der Waals surface area contributed by atoms with Crippen LogP contribution in [-0.2, 0) is 4.79 Å². The SMILES string of the molecule is O=C(CNc1cccc(I)c1)N1CCCCCC1. The number of hydrogen-bond donors (Lipinski definition) is 1. The van der Waals surface area contributed by atoms with Gasteiger partial charge in [-0.05, 0) is 53.6 Å². The lowest BCUT2D eigenvalue weighted by Crippen LogP contribution is -2.36. The zero-order valence-corrected chi connectivity index (χ0v) is 12.7. The standard InChI is InChI=1S/C14H19IN2O/c15-12-6-5-7-13(10-12)16-11-14(18)17-8-3-1-2-4-9-17/h5-7,10,16H,1-4,8-9,11H2. The number of rotatable bonds is 3. The van der Waals surface area contributed by atoms with Crippen LogP contribution in [0.5, 0.6) is 0 Å². The summed E-state index contributed by atoms with van der Waals surface area (Å²) in [7, 11) is 0. The van der Waals surface area contributed by atoms with Crippen LogP contribution < -0.4 is 5.32 Å². The van der Waals surface area contributed by atoms with Crippen molar-refractivity contribution in [3.8, 4) is 0 Å². The molecule has 1 amide bonds. The summed E-state index contributed by atoms with van der Waals surface area (Å²) in [5, 5.41) is 3.21. The van der Waals surface area contributed by atoms with Crippen molar-refractivity contribution in [1.82, 2.24) is 4.90 Å². The number of nitrogens with zero attached hydrogens (tertiary/aromatic N) is 1. The number of halogens is 1. The van der Waals surface area contributed by atoms with Crippen LogP contribution in [-0.4, -0.2) is 30.4 Å². The summed E-state index contributed by atoms with van der Waals surface area (Å²) in [5.41, 5.74) is 1.02. The minimum Gasteiger partial charge on any atom is -0.376 e. The Hall–Kier alpha value is -0.780. The molecule has 2 rings (SSSR count). The highest BCUT2D eigenvalue weighted by molar-refractivity contribution is 14.1. The van der Waals surface area contributed by atoms with Crippen LogP contribution in [0.15, 0.2) is 24.3 Å². The van der Waals surface area contributed by atoms with Gasteiger partial charge in [0.25, 0.3) is 0 Å². The van der Waals surface area contributed by atoms with Gasteiger partial charge in [0.15, 0.2) is 0 Å². The van der Waals surface area contributed by atoms with Crippen molar-refractivity contribution in [3.63, 3.8) is 0 Å². The number of amides is 1. The number of anilines is 1. The molecule has 1 aliphatic rings. The van der Waals surface area contributed by atoms with Crippen molar-refractivity contribution in [2.75, 3.05) is 25.0 Å². The van der Waals surface area contributed by atoms with Crippen LogP contribution >= 0.6 is 22.6 Å². The fourth-order valence-corrected chi connectivity index (χ4v) is 2.75. The van der Waals surface area contributed by atoms with Crippen molar-refractivity contribution in [1.29, 1.82) is 0 Å². The summed E-state index contributed by atoms with van der Waals surface area (Å²) in [6.45, 7) is 2.25. The Bertz CT molecular complexity index is 401. The van der Waals surface area contributed by atoms with Crippen molar-refractivity contribution in [2.24, 2.45) is 0 Å². The highest BCUT2D eigenvalue weighted by Gasteiger charge is 2.14. The third kappa shape index (κ3) is 4.15. The van der Waals surface area contributed by atoms with Crippen molar-refractivity contribution >= 4 is 34.2 Å². The van der Waals surface area contributed by atoms with E-state index in [9.17, 15) is 4.79 Å². The first kappa shape index (κ1) is 13.6. The van der Waals surface area contributed by atoms with E-state index >= 15 is 0 Å². The predicted molar refractivity (Wildman–Crippen MR) is 82.7 cm³/mol. The minimum atomic E-state index is 0.218. The number of carbonyl (C=O) groups excluding carboxylic acids is 1. The zero-order valence-electron chi connectivity index (χ0n) is 10.5. The molecule has 1 aromatic rings. The molecule has 0 saturated carbocycles. The lowest BCUT2D eigenvalue weighted by molar-refractivity contribution is -0.129. The second-order valence-corrected chi connectivity index (χ2v) is 5.90. The van der Waals surface area contributed by atoms with Gasteiger partial charge in [0.1, 0.15) is 0 Å². The smallest absolute Gasteiger partial charge is 0.241 e. The molecule has 0 radical (unpaired) electrons. The maximum absolute atomic E-state index is 12.1. The van der Waals surface area contributed by atoms with E-state index in [0.29, 0.717) is 6.54 Å². The molecule has 0 atom stereocenters. The molecule has 0 aliphatic carbocycles. The third-order valence-corrected chi connectivity index (χ3v) is 3.90. The fourth-order valence-electron chi connectivity index (χ4n) is 2.21. The van der Waals surface area contributed by atoms with Crippen LogP contribution in [0.2, 0.25) is 0 Å². The van der Waals surface area contributed by atoms with E-state index in [-0.39, 0.29) is 5.91 Å². The predicted octanol–water partition coefficient (Wildman–Crippen LogP) is 3.11. The molecular formula is C14H19IN2O. The molecule has 1 aromatic carbocycles. The monoisotopic (exact) mass is 358 g/mol. The van der Waals surface area contributed by atoms with Crippen molar-refractivity contribution in [2.45, 2.75) is 25.7 Å². The number of likely N-dealkylation sites (tertiary alicyclic amines) is 1. The first-order valence-electron chi connectivity index (χ1n) is 6.53. The van der Waals surface area contributed by atoms with Gasteiger partial charge in [-0.15, -0.1) is 0 Å². The van der Waals surface area contributed by atoms with Gasteiger partial charge in [-0.2, -0.15) is 0 Å². The van der Waals surface area contributed by atoms with Gasteiger partial charge in [-0.1, -0.05) is 18.9 Å². The number of carbonyl (C=O) groups is 1. The zero-order chi connectivity index (χ0) is 12.8. The van der Waals surface area contributed by atoms with E-state index in [0.717, 1.165) is 31.6 Å². The average Bonchev–Trinajstić information content (AvgIpc) is 2.65. The molecular weight excluding hydrogens is 339 g/mol. The molecule has 4 heteroatoms. The molecule has 1 saturated heterocycles. The average molecular weight is 358 g/mol. The normalized spacial score (nSPS) is 16.2. The quantitative estimate of drug-likeness (QED) is 0.843. The number of hydrogen-bond acceptors (Lipinski definition) is 2. The summed E-state index contributed by atoms with van der Waals surface area (Å²) >= 11 is 2.28. The van der Waals surface area contributed by atoms with E-state index in [1.165, 1.54) is 16.4 Å². The largest absolute Gasteiger partial charge is 0.376 e. The molecule has 1 N–H and O–H groups in total. The van der Waals surface area contributed by atoms with Gasteiger partial charge >= 0.3 is 0 Å². The summed E-state index contributed by atoms with van der Waals surface area (Å²) in [6, 6.07) is 8.09. The topological polar surface area (TPSA) is 32.3 Å². The Labute approximate surface area is 122 Å². The highest BCUT2D eigenvalue weighted by atomic mass is 127. The van der Waals surface area contributed by atoms with E-state index in [1.807, 2.05) is 23.1 Å². The molecule has 18 heavy (non-hydrogen) atoms. The Morgan fingerprint density at radius 3 is 2.61 bits per heavy atom. The molecule has 3 nitrogen and oxygen atoms in total. The number of benzene rings is 1. The van der Waals surface area contributed by atoms with Crippen molar-refractivity contribution in [3.05, 3.63) is 27.8 Å². The molecule has 0 unspecified atom stereocenters. The van der Waals surface area contributed by atoms with Crippen molar-refractivity contribution < 1.29 is 4.79 Å². The van der Waals surface area contributed by atoms with Crippen LogP contribution in [0.1, 0.15) is 25.7 Å². The third-order valence-electron chi connectivity index (χ3n) is 3.23. The summed E-state index contributed by atoms with van der Waals surface area (Å²) < 4.78 is 1.18. The van der Waals surface area contributed by atoms with Crippen LogP contribution in [0.3, 0.4) is 0 Å². The Kier molecular flexibility index (Phi) is 5.28. The van der Waals surface area contributed by atoms with Crippen LogP contribution in [0.25, 0.3) is 0 Å². The molecule has 1 aliphatic heterocycles. The molecule has 0 spiro atoms. The summed E-state index contributed by atoms with van der Waals surface area (Å²) in [4.78, 5) is 14.1. The molecule has 1 fully saturated rings. The van der Waals surface area contributed by atoms with Crippen LogP contribution in [0.4, 0.5) is 5.69 Å². The second-order valence-electron chi connectivity index (χ2n) is 4.66. The molecule has 98 valence electrons. The Morgan fingerprint density at radius 2 is 1.94 bits per heavy atom. The Balaban J connectivity index is 1.83. The van der Waals surface area contributed by atoms with Gasteiger partial charge in [-0.3, -0.25) is 4.79 Å². The maximum atomic E-state index is 12.1. The fraction of sp³-hybridized carbons (Fsp3) is 0.500. The van der Waals surface area contributed by atoms with E-state index in [2.05, 4.69) is 34.0 Å². The van der Waals surface area contributed by atoms with Gasteiger partial charge < -0.3 is 10.2 Å². The molecule has 1 heterocycles. The summed E-state index contributed by atoms with van der Waals surface area (Å²) in [6.07, 6.45) is 4.81. The van der Waals surface area contributed by atoms with Gasteiger partial charge in [0.2, 0.25) is 5.91 Å². The second kappa shape index (κ2) is 6.97.